The SMILES string of the molecule is CC.Cc1ccc(Nc2cc3c4c(c(Nc5ccccc5)cc5c4c2C(=O)N(c2c(C(C)C)cccc2C(C)C)C5=O)C(=O)N(c2c(C)cccc2C(C)C)C3=O)cc1. The standard InChI is InChI=1S/C49H46N4O4.C2H6/c1-26(2)33-17-12-14-30(8)44(33)52-46(54)36-24-39(51-32-22-20-29(7)21-23-32)43-41-37(25-38(42(40(36)41)48(52)56)50-31-15-10-9-11-16-31)47(55)53(49(43)57)45-34(27(3)4)18-13-19-35(45)28(5)6;1-2/h9-28,50-51H,1-8H3;1-2H3. The molecule has 0 atom stereocenters. The summed E-state index contributed by atoms with van der Waals surface area (Å²) in [6, 6.07) is 32.3. The molecule has 59 heavy (non-hydrogen) atoms. The molecule has 2 aliphatic heterocycles. The average Bonchev–Trinajstić information content (AvgIpc) is 3.21. The number of hydrogen-bond donors (Lipinski definition) is 2. The predicted molar refractivity (Wildman–Crippen MR) is 242 cm³/mol. The van der Waals surface area contributed by atoms with E-state index in [4.69, 9.17) is 0 Å². The van der Waals surface area contributed by atoms with E-state index in [0.29, 0.717) is 34.1 Å². The topological polar surface area (TPSA) is 98.8 Å². The third kappa shape index (κ3) is 6.86. The molecule has 0 saturated carbocycles. The Morgan fingerprint density at radius 3 is 1.32 bits per heavy atom. The molecule has 6 aromatic carbocycles. The van der Waals surface area contributed by atoms with Crippen LogP contribution in [-0.4, -0.2) is 23.6 Å². The van der Waals surface area contributed by atoms with Crippen LogP contribution in [0.15, 0.2) is 103 Å². The fraction of sp³-hybridized carbons (Fsp3) is 0.255. The first kappa shape index (κ1) is 40.6. The molecule has 6 aromatic rings. The molecular formula is C51H52N4O4. The number of imide groups is 2. The van der Waals surface area contributed by atoms with Gasteiger partial charge in [0, 0.05) is 22.1 Å². The van der Waals surface area contributed by atoms with Gasteiger partial charge in [-0.2, -0.15) is 0 Å². The Morgan fingerprint density at radius 1 is 0.458 bits per heavy atom. The van der Waals surface area contributed by atoms with Crippen LogP contribution >= 0.6 is 0 Å². The fourth-order valence-electron chi connectivity index (χ4n) is 8.36. The lowest BCUT2D eigenvalue weighted by molar-refractivity contribution is 0.0873. The molecule has 0 radical (unpaired) electrons. The van der Waals surface area contributed by atoms with Crippen molar-refractivity contribution in [2.75, 3.05) is 20.4 Å². The third-order valence-corrected chi connectivity index (χ3v) is 11.2. The minimum absolute atomic E-state index is 0.00335. The molecule has 0 aliphatic carbocycles. The van der Waals surface area contributed by atoms with Crippen molar-refractivity contribution in [3.8, 4) is 0 Å². The zero-order chi connectivity index (χ0) is 42.4. The van der Waals surface area contributed by atoms with Gasteiger partial charge in [0.2, 0.25) is 0 Å². The Morgan fingerprint density at radius 2 is 0.864 bits per heavy atom. The molecule has 2 aliphatic rings. The molecule has 0 saturated heterocycles. The number of carbonyl (C=O) groups excluding carboxylic acids is 4. The van der Waals surface area contributed by atoms with Crippen molar-refractivity contribution in [3.05, 3.63) is 153 Å². The fourth-order valence-corrected chi connectivity index (χ4v) is 8.36. The number of benzene rings is 6. The summed E-state index contributed by atoms with van der Waals surface area (Å²) >= 11 is 0. The second-order valence-corrected chi connectivity index (χ2v) is 16.1. The van der Waals surface area contributed by atoms with Crippen LogP contribution in [0.1, 0.15) is 142 Å². The number of nitrogens with zero attached hydrogens (tertiary/aromatic N) is 2. The first-order valence-corrected chi connectivity index (χ1v) is 20.6. The van der Waals surface area contributed by atoms with E-state index in [-0.39, 0.29) is 50.8 Å². The number of nitrogens with one attached hydrogen (secondary N) is 2. The van der Waals surface area contributed by atoms with Gasteiger partial charge in [0.1, 0.15) is 0 Å². The molecule has 8 heteroatoms. The maximum absolute atomic E-state index is 15.4. The predicted octanol–water partition coefficient (Wildman–Crippen LogP) is 12.9. The summed E-state index contributed by atoms with van der Waals surface area (Å²) in [5.74, 6) is -2.12. The molecule has 300 valence electrons. The van der Waals surface area contributed by atoms with Crippen molar-refractivity contribution in [1.29, 1.82) is 0 Å². The van der Waals surface area contributed by atoms with Gasteiger partial charge < -0.3 is 10.6 Å². The minimum atomic E-state index is -0.534. The van der Waals surface area contributed by atoms with Gasteiger partial charge in [-0.15, -0.1) is 0 Å². The second kappa shape index (κ2) is 16.0. The first-order valence-electron chi connectivity index (χ1n) is 20.6. The molecule has 2 heterocycles. The Bertz CT molecular complexity index is 2630. The Balaban J connectivity index is 0.00000260. The van der Waals surface area contributed by atoms with Gasteiger partial charge in [-0.3, -0.25) is 19.2 Å². The minimum Gasteiger partial charge on any atom is -0.355 e. The molecule has 0 aromatic heterocycles. The van der Waals surface area contributed by atoms with E-state index in [1.807, 2.05) is 133 Å². The van der Waals surface area contributed by atoms with Crippen LogP contribution in [0.5, 0.6) is 0 Å². The third-order valence-electron chi connectivity index (χ3n) is 11.2. The lowest BCUT2D eigenvalue weighted by Gasteiger charge is -2.37. The van der Waals surface area contributed by atoms with Crippen LogP contribution in [0.2, 0.25) is 0 Å². The van der Waals surface area contributed by atoms with Gasteiger partial charge in [0.15, 0.2) is 0 Å². The second-order valence-electron chi connectivity index (χ2n) is 16.1. The number of para-hydroxylation sites is 3. The first-order chi connectivity index (χ1) is 28.3. The molecule has 0 fully saturated rings. The van der Waals surface area contributed by atoms with E-state index in [2.05, 4.69) is 38.3 Å². The van der Waals surface area contributed by atoms with Gasteiger partial charge >= 0.3 is 0 Å². The molecule has 4 amide bonds. The number of hydrogen-bond acceptors (Lipinski definition) is 6. The van der Waals surface area contributed by atoms with Gasteiger partial charge in [0.05, 0.1) is 45.0 Å². The van der Waals surface area contributed by atoms with Crippen LogP contribution in [0, 0.1) is 13.8 Å². The number of amides is 4. The van der Waals surface area contributed by atoms with Gasteiger partial charge in [-0.25, -0.2) is 9.80 Å². The Kier molecular flexibility index (Phi) is 11.0. The highest BCUT2D eigenvalue weighted by Gasteiger charge is 2.45. The summed E-state index contributed by atoms with van der Waals surface area (Å²) in [6.45, 7) is 20.2. The van der Waals surface area contributed by atoms with Gasteiger partial charge in [0.25, 0.3) is 23.6 Å². The Hall–Kier alpha value is -6.54. The van der Waals surface area contributed by atoms with Crippen molar-refractivity contribution in [2.24, 2.45) is 0 Å². The number of anilines is 6. The number of aryl methyl sites for hydroxylation is 2. The maximum atomic E-state index is 15.4. The molecule has 0 spiro atoms. The average molecular weight is 785 g/mol. The smallest absolute Gasteiger partial charge is 0.268 e. The van der Waals surface area contributed by atoms with Gasteiger partial charge in [-0.05, 0) is 90.3 Å². The number of carbonyl (C=O) groups is 4. The van der Waals surface area contributed by atoms with E-state index in [1.54, 1.807) is 12.1 Å². The lowest BCUT2D eigenvalue weighted by atomic mass is 9.82. The summed E-state index contributed by atoms with van der Waals surface area (Å²) in [6.07, 6.45) is 0. The molecule has 8 nitrogen and oxygen atoms in total. The van der Waals surface area contributed by atoms with Crippen LogP contribution in [0.3, 0.4) is 0 Å². The number of rotatable bonds is 9. The highest BCUT2D eigenvalue weighted by molar-refractivity contribution is 6.45. The highest BCUT2D eigenvalue weighted by atomic mass is 16.2. The zero-order valence-electron chi connectivity index (χ0n) is 35.6. The Labute approximate surface area is 347 Å². The largest absolute Gasteiger partial charge is 0.355 e. The molecular weight excluding hydrogens is 733 g/mol. The monoisotopic (exact) mass is 784 g/mol. The zero-order valence-corrected chi connectivity index (χ0v) is 35.6. The van der Waals surface area contributed by atoms with Crippen LogP contribution < -0.4 is 20.4 Å². The van der Waals surface area contributed by atoms with Crippen LogP contribution in [0.4, 0.5) is 34.1 Å². The van der Waals surface area contributed by atoms with E-state index < -0.39 is 23.6 Å². The van der Waals surface area contributed by atoms with Crippen LogP contribution in [-0.2, 0) is 0 Å². The summed E-state index contributed by atoms with van der Waals surface area (Å²) in [4.78, 5) is 63.7. The quantitative estimate of drug-likeness (QED) is 0.142. The molecule has 2 N–H and O–H groups in total. The van der Waals surface area contributed by atoms with Crippen LogP contribution in [0.25, 0.3) is 10.8 Å². The van der Waals surface area contributed by atoms with E-state index in [0.717, 1.165) is 27.8 Å². The lowest BCUT2D eigenvalue weighted by Crippen LogP contribution is -2.45. The van der Waals surface area contributed by atoms with Gasteiger partial charge in [-0.1, -0.05) is 128 Å². The normalized spacial score (nSPS) is 13.4. The van der Waals surface area contributed by atoms with Crippen molar-refractivity contribution >= 4 is 68.5 Å². The summed E-state index contributed by atoms with van der Waals surface area (Å²) in [7, 11) is 0. The summed E-state index contributed by atoms with van der Waals surface area (Å²) < 4.78 is 0. The van der Waals surface area contributed by atoms with Crippen molar-refractivity contribution in [3.63, 3.8) is 0 Å². The molecule has 8 rings (SSSR count). The summed E-state index contributed by atoms with van der Waals surface area (Å²) in [5.41, 5.74) is 8.51. The summed E-state index contributed by atoms with van der Waals surface area (Å²) in [5, 5.41) is 7.47. The van der Waals surface area contributed by atoms with E-state index >= 15 is 19.2 Å². The van der Waals surface area contributed by atoms with Crippen molar-refractivity contribution in [1.82, 2.24) is 0 Å². The highest BCUT2D eigenvalue weighted by Crippen LogP contribution is 2.49. The molecule has 0 unspecified atom stereocenters. The molecule has 0 bridgehead atoms. The maximum Gasteiger partial charge on any atom is 0.268 e. The van der Waals surface area contributed by atoms with Crippen molar-refractivity contribution in [2.45, 2.75) is 87.0 Å². The van der Waals surface area contributed by atoms with E-state index in [9.17, 15) is 0 Å². The van der Waals surface area contributed by atoms with Crippen molar-refractivity contribution < 1.29 is 19.2 Å². The van der Waals surface area contributed by atoms with E-state index in [1.165, 1.54) is 9.80 Å².